The van der Waals surface area contributed by atoms with Gasteiger partial charge < -0.3 is 9.90 Å². The monoisotopic (exact) mass is 349 g/mol. The normalized spacial score (nSPS) is 5.75. The van der Waals surface area contributed by atoms with Gasteiger partial charge in [-0.3, -0.25) is 0 Å². The number of carboxylic acid groups (broad SMARTS) is 2. The third-order valence-corrected chi connectivity index (χ3v) is 0.450. The first-order valence-corrected chi connectivity index (χ1v) is 10.9. The van der Waals surface area contributed by atoms with Crippen LogP contribution in [0.4, 0.5) is 0 Å². The first kappa shape index (κ1) is 23.7. The summed E-state index contributed by atoms with van der Waals surface area (Å²) in [6.45, 7) is 4.10. The van der Waals surface area contributed by atoms with Crippen molar-refractivity contribution in [3.8, 4) is 0 Å². The number of hydrogen-bond acceptors (Lipinski definition) is 4. The van der Waals surface area contributed by atoms with Crippen molar-refractivity contribution >= 4 is 64.0 Å². The Labute approximate surface area is 126 Å². The molecule has 12 heavy (non-hydrogen) atoms. The Bertz CT molecular complexity index is 111. The standard InChI is InChI=1S/C2H4O2.C2H3O2.BrH.Co.K.Mn/c2*1-2(3)4;;;;/h1H3,(H,3,4);1H2,(H,3,4);1H;;;/q;;;+2;+1;/p-3. The molecule has 0 aromatic rings. The van der Waals surface area contributed by atoms with Crippen molar-refractivity contribution in [2.45, 2.75) is 12.2 Å². The Morgan fingerprint density at radius 3 is 1.50 bits per heavy atom. The van der Waals surface area contributed by atoms with Crippen LogP contribution >= 0.6 is 6.60 Å². The van der Waals surface area contributed by atoms with Gasteiger partial charge in [-0.25, -0.2) is 0 Å². The number of carboxylic acids is 2. The fourth-order valence-electron chi connectivity index (χ4n) is 0. The van der Waals surface area contributed by atoms with Crippen molar-refractivity contribution in [1.82, 2.24) is 0 Å². The van der Waals surface area contributed by atoms with Crippen LogP contribution in [0.2, 0.25) is 5.32 Å². The quantitative estimate of drug-likeness (QED) is 0.509. The van der Waals surface area contributed by atoms with Gasteiger partial charge in [0.15, 0.2) is 0 Å². The van der Waals surface area contributed by atoms with Gasteiger partial charge in [-0.15, -0.1) is 0 Å². The third kappa shape index (κ3) is 89.0. The minimum absolute atomic E-state index is 0. The first-order chi connectivity index (χ1) is 5.00. The van der Waals surface area contributed by atoms with Crippen molar-refractivity contribution in [1.29, 1.82) is 0 Å². The van der Waals surface area contributed by atoms with Gasteiger partial charge in [0, 0.05) is 5.97 Å². The fraction of sp³-hybridized carbons (Fsp3) is 0.500. The van der Waals surface area contributed by atoms with E-state index in [-0.39, 0.29) is 22.1 Å². The molecule has 0 aliphatic carbocycles. The van der Waals surface area contributed by atoms with Crippen LogP contribution in [-0.2, 0) is 42.4 Å². The van der Waals surface area contributed by atoms with Gasteiger partial charge in [0.2, 0.25) is 0 Å². The molecule has 0 amide bonds. The van der Waals surface area contributed by atoms with E-state index in [0.29, 0.717) is 0 Å². The van der Waals surface area contributed by atoms with E-state index in [0.717, 1.165) is 52.3 Å². The maximum absolute atomic E-state index is 9.21. The van der Waals surface area contributed by atoms with Crippen LogP contribution in [-0.4, -0.2) is 57.4 Å². The molecule has 0 saturated heterocycles. The van der Waals surface area contributed by atoms with E-state index in [1.54, 1.807) is 0 Å². The van der Waals surface area contributed by atoms with Crippen molar-refractivity contribution < 1.29 is 52.6 Å². The average Bonchev–Trinajstić information content (AvgIpc) is 1.91. The molecule has 1 radical (unpaired) electrons. The Kier molecular flexibility index (Phi) is 45.7. The summed E-state index contributed by atoms with van der Waals surface area (Å²) in [7, 11) is 0. The van der Waals surface area contributed by atoms with Gasteiger partial charge in [-0.05, 0) is 6.92 Å². The van der Waals surface area contributed by atoms with Crippen molar-refractivity contribution in [3.05, 3.63) is 0 Å². The van der Waals surface area contributed by atoms with Crippen LogP contribution in [0.15, 0.2) is 0 Å². The van der Waals surface area contributed by atoms with E-state index in [9.17, 15) is 9.90 Å². The van der Waals surface area contributed by atoms with Crippen LogP contribution in [0.1, 0.15) is 6.92 Å². The summed E-state index contributed by atoms with van der Waals surface area (Å²) in [5, 5.41) is 18.0. The molecule has 0 fully saturated rings. The maximum atomic E-state index is 9.21. The zero-order valence-electron chi connectivity index (χ0n) is 6.43. The Morgan fingerprint density at radius 1 is 1.42 bits per heavy atom. The third-order valence-electron chi connectivity index (χ3n) is 0.109. The van der Waals surface area contributed by atoms with Crippen LogP contribution < -0.4 is 10.2 Å². The molecule has 0 aromatic carbocycles. The Balaban J connectivity index is -0.0000000419. The molecular weight excluding hydrogens is 345 g/mol. The SMILES string of the molecule is CC(=O)[O-].O=C([O-])[CH2][Mn].[Co+2].[K][Br]. The molecule has 0 heterocycles. The van der Waals surface area contributed by atoms with E-state index in [1.165, 1.54) is 0 Å². The molecule has 0 rings (SSSR count). The molecule has 0 unspecified atom stereocenters. The minimum atomic E-state index is -1.08. The van der Waals surface area contributed by atoms with Crippen LogP contribution in [0.25, 0.3) is 0 Å². The summed E-state index contributed by atoms with van der Waals surface area (Å²) in [6.07, 6.45) is 0. The zero-order valence-corrected chi connectivity index (χ0v) is 13.4. The Hall–Kier alpha value is 2.08. The van der Waals surface area contributed by atoms with Crippen molar-refractivity contribution in [2.24, 2.45) is 0 Å². The Morgan fingerprint density at radius 2 is 1.50 bits per heavy atom. The summed E-state index contributed by atoms with van der Waals surface area (Å²) in [6, 6.07) is 0. The molecule has 0 bridgehead atoms. The van der Waals surface area contributed by atoms with Gasteiger partial charge >= 0.3 is 106 Å². The molecule has 4 nitrogen and oxygen atoms in total. The number of aliphatic carboxylic acids is 2. The van der Waals surface area contributed by atoms with Crippen LogP contribution in [0.3, 0.4) is 0 Å². The topological polar surface area (TPSA) is 80.3 Å². The molecule has 69 valence electrons. The second-order valence-electron chi connectivity index (χ2n) is 0.997. The van der Waals surface area contributed by atoms with Crippen LogP contribution in [0, 0.1) is 0 Å². The summed E-state index contributed by atoms with van der Waals surface area (Å²) < 4.78 is 0. The molecule has 0 N–H and O–H groups in total. The molecule has 0 atom stereocenters. The zero-order chi connectivity index (χ0) is 9.86. The van der Waals surface area contributed by atoms with Gasteiger partial charge in [0.1, 0.15) is 0 Å². The molecule has 0 spiro atoms. The van der Waals surface area contributed by atoms with E-state index in [4.69, 9.17) is 9.90 Å². The second kappa shape index (κ2) is 23.2. The van der Waals surface area contributed by atoms with E-state index in [1.807, 2.05) is 0 Å². The molecule has 0 aromatic heterocycles. The summed E-state index contributed by atoms with van der Waals surface area (Å²) in [5.74, 6) is -2.16. The van der Waals surface area contributed by atoms with E-state index in [2.05, 4.69) is 22.6 Å². The number of carbonyl (C=O) groups excluding carboxylic acids is 2. The van der Waals surface area contributed by atoms with Crippen molar-refractivity contribution in [3.63, 3.8) is 0 Å². The van der Waals surface area contributed by atoms with Gasteiger partial charge in [-0.1, -0.05) is 0 Å². The number of rotatable bonds is 1. The number of hydrogen-bond donors (Lipinski definition) is 0. The van der Waals surface area contributed by atoms with E-state index < -0.39 is 11.9 Å². The molecular formula is C4H5BrCoKMnO4. The number of carbonyl (C=O) groups is 2. The first-order valence-electron chi connectivity index (χ1n) is 2.32. The van der Waals surface area contributed by atoms with Crippen molar-refractivity contribution in [2.75, 3.05) is 0 Å². The van der Waals surface area contributed by atoms with Gasteiger partial charge in [-0.2, -0.15) is 0 Å². The fourth-order valence-corrected chi connectivity index (χ4v) is 0. The van der Waals surface area contributed by atoms with Crippen LogP contribution in [0.5, 0.6) is 0 Å². The predicted octanol–water partition coefficient (Wildman–Crippen LogP) is -2.08. The van der Waals surface area contributed by atoms with E-state index >= 15 is 0 Å². The molecule has 0 aliphatic heterocycles. The number of halogens is 1. The summed E-state index contributed by atoms with van der Waals surface area (Å²) in [4.78, 5) is 18.1. The predicted molar refractivity (Wildman–Crippen MR) is 35.2 cm³/mol. The molecule has 0 saturated carbocycles. The molecule has 0 aliphatic rings. The average molecular weight is 350 g/mol. The van der Waals surface area contributed by atoms with Gasteiger partial charge in [0.05, 0.1) is 0 Å². The summed E-state index contributed by atoms with van der Waals surface area (Å²) >= 11 is 3.53. The second-order valence-corrected chi connectivity index (χ2v) is 1.41. The summed E-state index contributed by atoms with van der Waals surface area (Å²) in [5.41, 5.74) is 0. The molecule has 8 heteroatoms. The van der Waals surface area contributed by atoms with Gasteiger partial charge in [0.25, 0.3) is 0 Å².